The molecule has 0 atom stereocenters. The predicted molar refractivity (Wildman–Crippen MR) is 81.3 cm³/mol. The zero-order valence-corrected chi connectivity index (χ0v) is 12.4. The lowest BCUT2D eigenvalue weighted by Crippen LogP contribution is -2.36. The average Bonchev–Trinajstić information content (AvgIpc) is 2.74. The van der Waals surface area contributed by atoms with Gasteiger partial charge >= 0.3 is 0 Å². The van der Waals surface area contributed by atoms with Gasteiger partial charge in [0.25, 0.3) is 0 Å². The van der Waals surface area contributed by atoms with Gasteiger partial charge in [0.2, 0.25) is 0 Å². The second-order valence-corrected chi connectivity index (χ2v) is 6.17. The first-order valence-corrected chi connectivity index (χ1v) is 6.84. The number of aromatic nitrogens is 1. The lowest BCUT2D eigenvalue weighted by Gasteiger charge is -2.28. The number of fused-ring (bicyclic) bond motifs is 1. The van der Waals surface area contributed by atoms with E-state index >= 15 is 0 Å². The molecule has 4 nitrogen and oxygen atoms in total. The molecule has 2 rings (SSSR count). The molecule has 0 bridgehead atoms. The molecule has 0 amide bonds. The van der Waals surface area contributed by atoms with Crippen LogP contribution in [0.25, 0.3) is 5.52 Å². The molecular formula is C16H22N4. The molecule has 0 fully saturated rings. The minimum atomic E-state index is 0.0840. The van der Waals surface area contributed by atoms with Crippen LogP contribution in [-0.2, 0) is 6.54 Å². The molecule has 2 N–H and O–H groups in total. The zero-order chi connectivity index (χ0) is 14.8. The first-order valence-electron chi connectivity index (χ1n) is 6.84. The van der Waals surface area contributed by atoms with Crippen LogP contribution in [0.3, 0.4) is 0 Å². The summed E-state index contributed by atoms with van der Waals surface area (Å²) in [7, 11) is 2.07. The van der Waals surface area contributed by atoms with Gasteiger partial charge in [-0.15, -0.1) is 0 Å². The Bertz CT molecular complexity index is 633. The van der Waals surface area contributed by atoms with Crippen LogP contribution in [0.15, 0.2) is 30.6 Å². The fourth-order valence-corrected chi connectivity index (χ4v) is 2.57. The average molecular weight is 270 g/mol. The number of nitrogens with two attached hydrogens (primary N) is 1. The van der Waals surface area contributed by atoms with E-state index in [-0.39, 0.29) is 5.41 Å². The molecule has 2 aromatic heterocycles. The van der Waals surface area contributed by atoms with E-state index in [1.165, 1.54) is 0 Å². The zero-order valence-electron chi connectivity index (χ0n) is 12.4. The van der Waals surface area contributed by atoms with Crippen LogP contribution in [0.5, 0.6) is 0 Å². The summed E-state index contributed by atoms with van der Waals surface area (Å²) >= 11 is 0. The highest BCUT2D eigenvalue weighted by Gasteiger charge is 2.19. The summed E-state index contributed by atoms with van der Waals surface area (Å²) in [6.45, 7) is 6.63. The maximum absolute atomic E-state index is 9.40. The highest BCUT2D eigenvalue weighted by molar-refractivity contribution is 5.65. The van der Waals surface area contributed by atoms with Crippen LogP contribution in [-0.4, -0.2) is 29.4 Å². The molecule has 0 saturated carbocycles. The van der Waals surface area contributed by atoms with Crippen molar-refractivity contribution in [2.24, 2.45) is 11.1 Å². The third-order valence-electron chi connectivity index (χ3n) is 3.56. The Morgan fingerprint density at radius 2 is 2.15 bits per heavy atom. The van der Waals surface area contributed by atoms with Gasteiger partial charge < -0.3 is 15.0 Å². The van der Waals surface area contributed by atoms with Gasteiger partial charge in [-0.05, 0) is 31.1 Å². The SMILES string of the molecule is CN(Cc1cn2ccccc2c1C#N)CC(C)(C)CN. The summed E-state index contributed by atoms with van der Waals surface area (Å²) in [6.07, 6.45) is 4.02. The molecule has 0 unspecified atom stereocenters. The molecule has 0 aromatic carbocycles. The van der Waals surface area contributed by atoms with Crippen molar-refractivity contribution in [3.05, 3.63) is 41.7 Å². The second-order valence-electron chi connectivity index (χ2n) is 6.17. The van der Waals surface area contributed by atoms with Gasteiger partial charge in [0.1, 0.15) is 6.07 Å². The quantitative estimate of drug-likeness (QED) is 0.906. The van der Waals surface area contributed by atoms with E-state index < -0.39 is 0 Å². The summed E-state index contributed by atoms with van der Waals surface area (Å²) in [4.78, 5) is 2.22. The molecule has 106 valence electrons. The van der Waals surface area contributed by atoms with Crippen molar-refractivity contribution < 1.29 is 0 Å². The first kappa shape index (κ1) is 14.6. The summed E-state index contributed by atoms with van der Waals surface area (Å²) < 4.78 is 2.01. The van der Waals surface area contributed by atoms with Crippen molar-refractivity contribution in [3.63, 3.8) is 0 Å². The molecule has 0 spiro atoms. The Labute approximate surface area is 120 Å². The Morgan fingerprint density at radius 3 is 2.80 bits per heavy atom. The molecule has 0 aliphatic carbocycles. The monoisotopic (exact) mass is 270 g/mol. The second kappa shape index (κ2) is 5.66. The van der Waals surface area contributed by atoms with E-state index in [4.69, 9.17) is 5.73 Å². The molecule has 2 aromatic rings. The number of nitrogens with zero attached hydrogens (tertiary/aromatic N) is 3. The number of nitriles is 1. The molecule has 20 heavy (non-hydrogen) atoms. The molecular weight excluding hydrogens is 248 g/mol. The van der Waals surface area contributed by atoms with Crippen molar-refractivity contribution in [2.45, 2.75) is 20.4 Å². The van der Waals surface area contributed by atoms with E-state index in [0.29, 0.717) is 6.54 Å². The van der Waals surface area contributed by atoms with E-state index in [1.807, 2.05) is 35.0 Å². The van der Waals surface area contributed by atoms with Crippen molar-refractivity contribution in [3.8, 4) is 6.07 Å². The number of hydrogen-bond acceptors (Lipinski definition) is 3. The third-order valence-corrected chi connectivity index (χ3v) is 3.56. The van der Waals surface area contributed by atoms with Gasteiger partial charge in [-0.25, -0.2) is 0 Å². The molecule has 0 aliphatic heterocycles. The fraction of sp³-hybridized carbons (Fsp3) is 0.438. The Kier molecular flexibility index (Phi) is 4.12. The number of pyridine rings is 1. The van der Waals surface area contributed by atoms with Crippen molar-refractivity contribution in [1.82, 2.24) is 9.30 Å². The normalized spacial score (nSPS) is 12.0. The van der Waals surface area contributed by atoms with Crippen LogP contribution in [0.4, 0.5) is 0 Å². The topological polar surface area (TPSA) is 57.5 Å². The van der Waals surface area contributed by atoms with Crippen LogP contribution in [0.2, 0.25) is 0 Å². The maximum atomic E-state index is 9.40. The minimum absolute atomic E-state index is 0.0840. The largest absolute Gasteiger partial charge is 0.330 e. The van der Waals surface area contributed by atoms with Crippen LogP contribution in [0, 0.1) is 16.7 Å². The third kappa shape index (κ3) is 3.01. The maximum Gasteiger partial charge on any atom is 0.102 e. The molecule has 0 radical (unpaired) electrons. The van der Waals surface area contributed by atoms with Gasteiger partial charge in [0.15, 0.2) is 0 Å². The smallest absolute Gasteiger partial charge is 0.102 e. The van der Waals surface area contributed by atoms with Crippen molar-refractivity contribution >= 4 is 5.52 Å². The molecule has 2 heterocycles. The molecule has 4 heteroatoms. The number of rotatable bonds is 5. The van der Waals surface area contributed by atoms with Gasteiger partial charge in [0, 0.05) is 31.0 Å². The minimum Gasteiger partial charge on any atom is -0.330 e. The first-order chi connectivity index (χ1) is 9.46. The van der Waals surface area contributed by atoms with Crippen LogP contribution < -0.4 is 5.73 Å². The van der Waals surface area contributed by atoms with E-state index in [1.54, 1.807) is 0 Å². The highest BCUT2D eigenvalue weighted by Crippen LogP contribution is 2.21. The van der Waals surface area contributed by atoms with Gasteiger partial charge in [-0.2, -0.15) is 5.26 Å². The Morgan fingerprint density at radius 1 is 1.40 bits per heavy atom. The van der Waals surface area contributed by atoms with Crippen molar-refractivity contribution in [1.29, 1.82) is 5.26 Å². The summed E-state index contributed by atoms with van der Waals surface area (Å²) in [5.74, 6) is 0. The summed E-state index contributed by atoms with van der Waals surface area (Å²) in [6, 6.07) is 8.24. The molecule has 0 saturated heterocycles. The predicted octanol–water partition coefficient (Wildman–Crippen LogP) is 2.23. The lowest BCUT2D eigenvalue weighted by molar-refractivity contribution is 0.210. The molecule has 0 aliphatic rings. The summed E-state index contributed by atoms with van der Waals surface area (Å²) in [5.41, 5.74) is 8.67. The van der Waals surface area contributed by atoms with Crippen LogP contribution >= 0.6 is 0 Å². The van der Waals surface area contributed by atoms with E-state index in [9.17, 15) is 5.26 Å². The number of hydrogen-bond donors (Lipinski definition) is 1. The standard InChI is InChI=1S/C16H22N4/c1-16(2,11-18)12-19(3)9-13-10-20-7-5-4-6-15(20)14(13)8-17/h4-7,10H,9,11-12,18H2,1-3H3. The Balaban J connectivity index is 2.24. The highest BCUT2D eigenvalue weighted by atomic mass is 15.1. The van der Waals surface area contributed by atoms with E-state index in [2.05, 4.69) is 31.9 Å². The van der Waals surface area contributed by atoms with Gasteiger partial charge in [-0.1, -0.05) is 19.9 Å². The summed E-state index contributed by atoms with van der Waals surface area (Å²) in [5, 5.41) is 9.40. The van der Waals surface area contributed by atoms with Gasteiger partial charge in [-0.3, -0.25) is 0 Å². The Hall–Kier alpha value is -1.83. The lowest BCUT2D eigenvalue weighted by atomic mass is 9.93. The van der Waals surface area contributed by atoms with Gasteiger partial charge in [0.05, 0.1) is 11.1 Å². The van der Waals surface area contributed by atoms with E-state index in [0.717, 1.165) is 29.7 Å². The fourth-order valence-electron chi connectivity index (χ4n) is 2.57. The van der Waals surface area contributed by atoms with Crippen LogP contribution in [0.1, 0.15) is 25.0 Å². The van der Waals surface area contributed by atoms with Crippen molar-refractivity contribution in [2.75, 3.05) is 20.1 Å².